The topological polar surface area (TPSA) is 71.4 Å². The van der Waals surface area contributed by atoms with Crippen molar-refractivity contribution in [1.29, 1.82) is 0 Å². The van der Waals surface area contributed by atoms with Gasteiger partial charge in [-0.15, -0.1) is 52.9 Å². The van der Waals surface area contributed by atoms with Gasteiger partial charge in [0.2, 0.25) is 0 Å². The van der Waals surface area contributed by atoms with Crippen molar-refractivity contribution in [2.45, 2.75) is 6.92 Å². The molecule has 1 radical (unpaired) electrons. The summed E-state index contributed by atoms with van der Waals surface area (Å²) in [6, 6.07) is 19.8. The summed E-state index contributed by atoms with van der Waals surface area (Å²) < 4.78 is 0. The van der Waals surface area contributed by atoms with Crippen LogP contribution in [0.2, 0.25) is 0 Å². The van der Waals surface area contributed by atoms with Crippen LogP contribution in [0.25, 0.3) is 16.3 Å². The van der Waals surface area contributed by atoms with Crippen LogP contribution >= 0.6 is 0 Å². The molecule has 0 saturated heterocycles. The van der Waals surface area contributed by atoms with Crippen molar-refractivity contribution in [2.24, 2.45) is 0 Å². The largest absolute Gasteiger partial charge is 0.478 e. The van der Waals surface area contributed by atoms with Gasteiger partial charge in [-0.25, -0.2) is 4.79 Å². The monoisotopic (exact) mass is 481 g/mol. The Morgan fingerprint density at radius 1 is 1.00 bits per heavy atom. The van der Waals surface area contributed by atoms with Gasteiger partial charge in [0.1, 0.15) is 5.78 Å². The normalized spacial score (nSPS) is 14.6. The minimum Gasteiger partial charge on any atom is -0.478 e. The third kappa shape index (κ3) is 4.56. The number of carboxylic acid groups (broad SMARTS) is 1. The molecule has 0 amide bonds. The molecule has 0 aliphatic heterocycles. The Morgan fingerprint density at radius 3 is 2.45 bits per heavy atom. The van der Waals surface area contributed by atoms with Gasteiger partial charge < -0.3 is 14.7 Å². The molecule has 5 heteroatoms. The Balaban J connectivity index is 0.00000272. The van der Waals surface area contributed by atoms with Crippen LogP contribution in [-0.4, -0.2) is 23.1 Å². The van der Waals surface area contributed by atoms with Crippen molar-refractivity contribution in [2.75, 3.05) is 0 Å². The number of allylic oxidation sites excluding steroid dienone is 5. The number of aldehydes is 1. The number of aryl methyl sites for hydroxylation is 1. The first-order chi connectivity index (χ1) is 14.5. The van der Waals surface area contributed by atoms with Gasteiger partial charge in [0.05, 0.1) is 11.8 Å². The van der Waals surface area contributed by atoms with Crippen molar-refractivity contribution in [1.82, 2.24) is 0 Å². The van der Waals surface area contributed by atoms with E-state index in [4.69, 9.17) is 0 Å². The van der Waals surface area contributed by atoms with Gasteiger partial charge in [-0.05, 0) is 24.1 Å². The van der Waals surface area contributed by atoms with Crippen molar-refractivity contribution in [3.05, 3.63) is 112 Å². The van der Waals surface area contributed by atoms with Gasteiger partial charge >= 0.3 is 5.97 Å². The van der Waals surface area contributed by atoms with Crippen molar-refractivity contribution in [3.63, 3.8) is 0 Å². The number of benzene rings is 3. The van der Waals surface area contributed by atoms with E-state index in [1.54, 1.807) is 24.3 Å². The number of carbonyl (C=O) groups excluding carboxylic acids is 2. The summed E-state index contributed by atoms with van der Waals surface area (Å²) in [4.78, 5) is 35.1. The summed E-state index contributed by atoms with van der Waals surface area (Å²) in [5.74, 6) is -1.51. The number of aromatic carboxylic acids is 1. The average Bonchev–Trinajstić information content (AvgIpc) is 2.75. The van der Waals surface area contributed by atoms with Crippen LogP contribution in [0.5, 0.6) is 0 Å². The van der Waals surface area contributed by atoms with E-state index < -0.39 is 11.8 Å². The molecule has 0 aromatic heterocycles. The molecule has 1 N–H and O–H groups in total. The minimum atomic E-state index is -1.07. The Bertz CT molecular complexity index is 1310. The fourth-order valence-electron chi connectivity index (χ4n) is 3.49. The van der Waals surface area contributed by atoms with Crippen LogP contribution in [0.15, 0.2) is 77.9 Å². The van der Waals surface area contributed by atoms with E-state index in [-0.39, 0.29) is 43.8 Å². The maximum Gasteiger partial charge on any atom is 0.335 e. The van der Waals surface area contributed by atoms with Gasteiger partial charge in [-0.3, -0.25) is 0 Å². The van der Waals surface area contributed by atoms with Crippen LogP contribution in [0.1, 0.15) is 27.0 Å². The molecule has 3 aromatic rings. The number of hydrogen-bond acceptors (Lipinski definition) is 3. The van der Waals surface area contributed by atoms with Crippen LogP contribution < -0.4 is 0 Å². The number of carbonyl (C=O) groups is 3. The summed E-state index contributed by atoms with van der Waals surface area (Å²) in [6.45, 7) is 2.01. The van der Waals surface area contributed by atoms with Gasteiger partial charge in [0.25, 0.3) is 0 Å². The smallest absolute Gasteiger partial charge is 0.335 e. The van der Waals surface area contributed by atoms with Gasteiger partial charge in [-0.1, -0.05) is 52.9 Å². The Kier molecular flexibility index (Phi) is 6.94. The van der Waals surface area contributed by atoms with Crippen molar-refractivity contribution in [3.8, 4) is 0 Å². The second kappa shape index (κ2) is 9.46. The predicted molar refractivity (Wildman–Crippen MR) is 114 cm³/mol. The molecule has 0 fully saturated rings. The first-order valence-electron chi connectivity index (χ1n) is 9.29. The van der Waals surface area contributed by atoms with E-state index in [0.29, 0.717) is 28.6 Å². The molecule has 1 aliphatic rings. The third-order valence-corrected chi connectivity index (χ3v) is 4.93. The van der Waals surface area contributed by atoms with E-state index >= 15 is 0 Å². The van der Waals surface area contributed by atoms with E-state index in [9.17, 15) is 19.5 Å². The first-order valence-corrected chi connectivity index (χ1v) is 9.29. The predicted octanol–water partition coefficient (Wildman–Crippen LogP) is 4.51. The summed E-state index contributed by atoms with van der Waals surface area (Å²) in [7, 11) is 0. The van der Waals surface area contributed by atoms with Gasteiger partial charge in [0.15, 0.2) is 0 Å². The second-order valence-electron chi connectivity index (χ2n) is 6.96. The molecule has 3 aromatic carbocycles. The quantitative estimate of drug-likeness (QED) is 0.338. The zero-order valence-electron chi connectivity index (χ0n) is 16.7. The molecule has 31 heavy (non-hydrogen) atoms. The van der Waals surface area contributed by atoms with E-state index in [0.717, 1.165) is 16.3 Å². The minimum absolute atomic E-state index is 0. The van der Waals surface area contributed by atoms with Crippen molar-refractivity contribution >= 4 is 34.4 Å². The third-order valence-electron chi connectivity index (χ3n) is 4.93. The van der Waals surface area contributed by atoms with Crippen LogP contribution in [0.4, 0.5) is 0 Å². The molecule has 0 bridgehead atoms. The van der Waals surface area contributed by atoms with E-state index in [1.807, 2.05) is 37.3 Å². The number of fused-ring (bicyclic) bond motifs is 1. The van der Waals surface area contributed by atoms with Crippen molar-refractivity contribution < 1.29 is 52.2 Å². The molecule has 149 valence electrons. The molecule has 4 rings (SSSR count). The zero-order valence-corrected chi connectivity index (χ0v) is 19.5. The number of rotatable bonds is 4. The molecule has 0 atom stereocenters. The summed E-state index contributed by atoms with van der Waals surface area (Å²) in [5, 5.41) is 11.6. The van der Waals surface area contributed by atoms with Crippen LogP contribution in [0, 0.1) is 19.1 Å². The second-order valence-corrected chi connectivity index (χ2v) is 6.96. The average molecular weight is 481 g/mol. The summed E-state index contributed by atoms with van der Waals surface area (Å²) in [5.41, 5.74) is 3.23. The molecule has 0 unspecified atom stereocenters. The summed E-state index contributed by atoms with van der Waals surface area (Å²) in [6.07, 6.45) is 6.16. The maximum atomic E-state index is 11.9. The number of carboxylic acids is 1. The van der Waals surface area contributed by atoms with E-state index in [2.05, 4.69) is 12.1 Å². The Hall–Kier alpha value is -2.95. The molecular formula is C26H16O4Y-2. The Labute approximate surface area is 204 Å². The Morgan fingerprint density at radius 2 is 1.74 bits per heavy atom. The fraction of sp³-hybridized carbons (Fsp3) is 0.0385. The first kappa shape index (κ1) is 22.7. The van der Waals surface area contributed by atoms with Crippen LogP contribution in [-0.2, 0) is 42.3 Å². The van der Waals surface area contributed by atoms with E-state index in [1.165, 1.54) is 12.1 Å². The molecular weight excluding hydrogens is 465 g/mol. The molecule has 0 spiro atoms. The van der Waals surface area contributed by atoms with Gasteiger partial charge in [0, 0.05) is 32.7 Å². The molecule has 4 nitrogen and oxygen atoms in total. The van der Waals surface area contributed by atoms with Crippen LogP contribution in [0.3, 0.4) is 0 Å². The maximum absolute atomic E-state index is 11.9. The standard InChI is InChI=1S/C26H16O4.Y/c1-16-6-7-18-13-19(9-8-17(18)12-16)25(20-10-11-24(28)21(14-20)15-27)22-4-2-3-5-23(22)26(29)30;/h2-12,15H,1H3,(H,29,30);/q-2;/b25-20+;. The SMILES string of the molecule is Cc1ccc2[c-]c(/C(=C3\[C-]=C(C=O)C(=O)C=C3)c3ccccc3C(=O)O)ccc2c1.[Y]. The molecule has 1 aliphatic carbocycles. The summed E-state index contributed by atoms with van der Waals surface area (Å²) >= 11 is 0. The fourth-order valence-corrected chi connectivity index (χ4v) is 3.49. The molecule has 0 saturated carbocycles. The number of hydrogen-bond donors (Lipinski definition) is 1. The van der Waals surface area contributed by atoms with Gasteiger partial charge in [-0.2, -0.15) is 0 Å². The number of ketones is 1. The molecule has 0 heterocycles. The zero-order chi connectivity index (χ0) is 21.3.